The topological polar surface area (TPSA) is 52.6 Å². The van der Waals surface area contributed by atoms with E-state index in [1.54, 1.807) is 6.08 Å². The smallest absolute Gasteiger partial charge is 0.189 e. The van der Waals surface area contributed by atoms with Crippen molar-refractivity contribution < 1.29 is 19.1 Å². The Kier molecular flexibility index (Phi) is 1.56. The molecule has 4 nitrogen and oxygen atoms in total. The molecule has 3 aliphatic heterocycles. The predicted octanol–water partition coefficient (Wildman–Crippen LogP) is 0.214. The van der Waals surface area contributed by atoms with Crippen LogP contribution in [-0.2, 0) is 19.1 Å². The fourth-order valence-corrected chi connectivity index (χ4v) is 2.36. The standard InChI is InChI=1S/C10H10O4/c11-6-1-2-7-5-3-4-13-10(8(5)12)9(6)14-7/h3-5,7,9-10H,1-2H2/t5-,7-,9+,10-/m0/s1. The van der Waals surface area contributed by atoms with Gasteiger partial charge in [0.2, 0.25) is 0 Å². The highest BCUT2D eigenvalue weighted by molar-refractivity contribution is 5.97. The third-order valence-electron chi connectivity index (χ3n) is 3.11. The third-order valence-corrected chi connectivity index (χ3v) is 3.11. The van der Waals surface area contributed by atoms with E-state index in [1.165, 1.54) is 6.26 Å². The monoisotopic (exact) mass is 194 g/mol. The van der Waals surface area contributed by atoms with Crippen LogP contribution in [0.15, 0.2) is 12.3 Å². The van der Waals surface area contributed by atoms with Gasteiger partial charge in [-0.2, -0.15) is 0 Å². The summed E-state index contributed by atoms with van der Waals surface area (Å²) in [5.74, 6) is -0.201. The van der Waals surface area contributed by atoms with Gasteiger partial charge in [0.15, 0.2) is 23.8 Å². The Morgan fingerprint density at radius 3 is 3.00 bits per heavy atom. The number of fused-ring (bicyclic) bond motifs is 6. The fourth-order valence-electron chi connectivity index (χ4n) is 2.36. The average molecular weight is 194 g/mol. The van der Waals surface area contributed by atoms with E-state index in [0.29, 0.717) is 12.8 Å². The zero-order chi connectivity index (χ0) is 9.71. The van der Waals surface area contributed by atoms with Crippen molar-refractivity contribution in [1.82, 2.24) is 0 Å². The third kappa shape index (κ3) is 0.917. The molecule has 3 aliphatic rings. The second-order valence-electron chi connectivity index (χ2n) is 3.91. The summed E-state index contributed by atoms with van der Waals surface area (Å²) in [4.78, 5) is 23.2. The van der Waals surface area contributed by atoms with Gasteiger partial charge < -0.3 is 9.47 Å². The first-order valence-electron chi connectivity index (χ1n) is 4.81. The number of carbonyl (C=O) groups excluding carboxylic acids is 2. The molecule has 0 saturated carbocycles. The van der Waals surface area contributed by atoms with E-state index in [4.69, 9.17) is 9.47 Å². The Morgan fingerprint density at radius 1 is 1.29 bits per heavy atom. The highest BCUT2D eigenvalue weighted by Gasteiger charge is 2.51. The Morgan fingerprint density at radius 2 is 2.14 bits per heavy atom. The largest absolute Gasteiger partial charge is 0.487 e. The van der Waals surface area contributed by atoms with Gasteiger partial charge in [0.1, 0.15) is 0 Å². The number of carbonyl (C=O) groups is 2. The lowest BCUT2D eigenvalue weighted by molar-refractivity contribution is -0.186. The highest BCUT2D eigenvalue weighted by atomic mass is 16.6. The molecular formula is C10H10O4. The molecule has 0 aromatic heterocycles. The molecule has 0 radical (unpaired) electrons. The molecule has 4 bridgehead atoms. The molecular weight excluding hydrogens is 184 g/mol. The molecule has 0 unspecified atom stereocenters. The maximum Gasteiger partial charge on any atom is 0.189 e. The van der Waals surface area contributed by atoms with E-state index in [9.17, 15) is 9.59 Å². The molecule has 2 fully saturated rings. The lowest BCUT2D eigenvalue weighted by Gasteiger charge is -2.43. The maximum atomic E-state index is 11.8. The molecule has 3 rings (SSSR count). The Balaban J connectivity index is 2.03. The lowest BCUT2D eigenvalue weighted by Crippen LogP contribution is -2.58. The maximum absolute atomic E-state index is 11.8. The summed E-state index contributed by atoms with van der Waals surface area (Å²) in [7, 11) is 0. The molecule has 74 valence electrons. The molecule has 4 heteroatoms. The first-order valence-corrected chi connectivity index (χ1v) is 4.81. The van der Waals surface area contributed by atoms with Crippen molar-refractivity contribution in [2.24, 2.45) is 5.92 Å². The number of ether oxygens (including phenoxy) is 2. The number of hydrogen-bond acceptors (Lipinski definition) is 4. The van der Waals surface area contributed by atoms with E-state index in [0.717, 1.165) is 0 Å². The summed E-state index contributed by atoms with van der Waals surface area (Å²) in [6, 6.07) is 0. The second kappa shape index (κ2) is 2.67. The summed E-state index contributed by atoms with van der Waals surface area (Å²) in [6.45, 7) is 0. The van der Waals surface area contributed by atoms with Crippen molar-refractivity contribution >= 4 is 11.6 Å². The summed E-state index contributed by atoms with van der Waals surface area (Å²) in [5.41, 5.74) is 0. The van der Waals surface area contributed by atoms with Crippen LogP contribution in [-0.4, -0.2) is 29.9 Å². The van der Waals surface area contributed by atoms with E-state index < -0.39 is 12.2 Å². The first kappa shape index (κ1) is 8.17. The molecule has 2 saturated heterocycles. The van der Waals surface area contributed by atoms with Gasteiger partial charge in [-0.3, -0.25) is 9.59 Å². The highest BCUT2D eigenvalue weighted by Crippen LogP contribution is 2.35. The molecule has 0 aromatic carbocycles. The van der Waals surface area contributed by atoms with E-state index in [-0.39, 0.29) is 23.6 Å². The molecule has 0 aromatic rings. The van der Waals surface area contributed by atoms with Crippen molar-refractivity contribution in [1.29, 1.82) is 0 Å². The quantitative estimate of drug-likeness (QED) is 0.553. The molecule has 4 atom stereocenters. The minimum Gasteiger partial charge on any atom is -0.487 e. The lowest BCUT2D eigenvalue weighted by atomic mass is 9.79. The molecule has 14 heavy (non-hydrogen) atoms. The van der Waals surface area contributed by atoms with Crippen LogP contribution in [0.5, 0.6) is 0 Å². The van der Waals surface area contributed by atoms with Gasteiger partial charge in [-0.15, -0.1) is 0 Å². The van der Waals surface area contributed by atoms with Crippen LogP contribution >= 0.6 is 0 Å². The molecule has 0 aliphatic carbocycles. The van der Waals surface area contributed by atoms with Crippen molar-refractivity contribution in [3.8, 4) is 0 Å². The fraction of sp³-hybridized carbons (Fsp3) is 0.600. The van der Waals surface area contributed by atoms with Crippen molar-refractivity contribution in [3.63, 3.8) is 0 Å². The van der Waals surface area contributed by atoms with Crippen molar-refractivity contribution in [3.05, 3.63) is 12.3 Å². The van der Waals surface area contributed by atoms with Crippen LogP contribution in [0.1, 0.15) is 12.8 Å². The van der Waals surface area contributed by atoms with Gasteiger partial charge in [-0.1, -0.05) is 0 Å². The van der Waals surface area contributed by atoms with E-state index in [2.05, 4.69) is 0 Å². The van der Waals surface area contributed by atoms with Crippen LogP contribution in [0.2, 0.25) is 0 Å². The van der Waals surface area contributed by atoms with Gasteiger partial charge in [-0.25, -0.2) is 0 Å². The minimum absolute atomic E-state index is 0.00167. The molecule has 0 spiro atoms. The summed E-state index contributed by atoms with van der Waals surface area (Å²) in [6.07, 6.45) is 2.97. The predicted molar refractivity (Wildman–Crippen MR) is 45.4 cm³/mol. The summed E-state index contributed by atoms with van der Waals surface area (Å²) < 4.78 is 10.7. The Hall–Kier alpha value is -1.16. The van der Waals surface area contributed by atoms with Gasteiger partial charge in [0, 0.05) is 6.42 Å². The number of rotatable bonds is 0. The first-order chi connectivity index (χ1) is 6.77. The van der Waals surface area contributed by atoms with Gasteiger partial charge in [0.05, 0.1) is 18.3 Å². The van der Waals surface area contributed by atoms with Crippen LogP contribution in [0.25, 0.3) is 0 Å². The summed E-state index contributed by atoms with van der Waals surface area (Å²) >= 11 is 0. The zero-order valence-electron chi connectivity index (χ0n) is 7.51. The second-order valence-corrected chi connectivity index (χ2v) is 3.91. The van der Waals surface area contributed by atoms with Crippen LogP contribution in [0.4, 0.5) is 0 Å². The van der Waals surface area contributed by atoms with E-state index in [1.807, 2.05) is 0 Å². The van der Waals surface area contributed by atoms with Gasteiger partial charge in [-0.05, 0) is 12.5 Å². The number of Topliss-reactive ketones (excluding diaryl/α,β-unsaturated/α-hetero) is 2. The van der Waals surface area contributed by atoms with Crippen LogP contribution in [0, 0.1) is 5.92 Å². The number of hydrogen-bond donors (Lipinski definition) is 0. The minimum atomic E-state index is -0.686. The van der Waals surface area contributed by atoms with Crippen molar-refractivity contribution in [2.75, 3.05) is 0 Å². The van der Waals surface area contributed by atoms with Gasteiger partial charge in [0.25, 0.3) is 0 Å². The van der Waals surface area contributed by atoms with Crippen LogP contribution in [0.3, 0.4) is 0 Å². The van der Waals surface area contributed by atoms with E-state index >= 15 is 0 Å². The number of ketones is 2. The average Bonchev–Trinajstić information content (AvgIpc) is 2.17. The molecule has 0 amide bonds. The zero-order valence-corrected chi connectivity index (χ0v) is 7.51. The Bertz CT molecular complexity index is 333. The SMILES string of the molecule is O=C1CC[C@@H]2O[C@H]1[C@H]1OC=C[C@@H]2C1=O. The normalized spacial score (nSPS) is 44.9. The molecule has 0 N–H and O–H groups in total. The Labute approximate surface area is 80.9 Å². The van der Waals surface area contributed by atoms with Crippen LogP contribution < -0.4 is 0 Å². The molecule has 3 heterocycles. The van der Waals surface area contributed by atoms with Gasteiger partial charge >= 0.3 is 0 Å². The van der Waals surface area contributed by atoms with Crippen molar-refractivity contribution in [2.45, 2.75) is 31.2 Å². The summed E-state index contributed by atoms with van der Waals surface area (Å²) in [5, 5.41) is 0.